The second-order valence-electron chi connectivity index (χ2n) is 6.70. The van der Waals surface area contributed by atoms with E-state index in [1.54, 1.807) is 12.2 Å². The number of phenolic OH excluding ortho intramolecular Hbond substituents is 3. The number of carbonyl (C=O) groups is 1. The Bertz CT molecular complexity index is 712. The van der Waals surface area contributed by atoms with Crippen LogP contribution in [0.25, 0.3) is 0 Å². The largest absolute Gasteiger partial charge is 0.504 e. The number of carbonyl (C=O) groups excluding carboxylic acids is 1. The first-order valence-electron chi connectivity index (χ1n) is 9.98. The molecule has 0 unspecified atom stereocenters. The lowest BCUT2D eigenvalue weighted by Crippen LogP contribution is -1.98. The number of hydrogen-bond acceptors (Lipinski definition) is 4. The lowest BCUT2D eigenvalue weighted by molar-refractivity contribution is -0.114. The Labute approximate surface area is 168 Å². The molecule has 0 amide bonds. The van der Waals surface area contributed by atoms with Crippen molar-refractivity contribution in [3.8, 4) is 17.2 Å². The highest BCUT2D eigenvalue weighted by Gasteiger charge is 2.12. The fraction of sp³-hybridized carbons (Fsp3) is 0.375. The number of hydrogen-bond donors (Lipinski definition) is 3. The fourth-order valence-electron chi connectivity index (χ4n) is 2.64. The summed E-state index contributed by atoms with van der Waals surface area (Å²) in [5, 5.41) is 28.4. The Morgan fingerprint density at radius 1 is 0.821 bits per heavy atom. The topological polar surface area (TPSA) is 77.8 Å². The zero-order chi connectivity index (χ0) is 20.6. The van der Waals surface area contributed by atoms with E-state index in [2.05, 4.69) is 13.0 Å². The molecule has 28 heavy (non-hydrogen) atoms. The van der Waals surface area contributed by atoms with Gasteiger partial charge in [-0.15, -0.1) is 0 Å². The molecule has 0 aliphatic carbocycles. The van der Waals surface area contributed by atoms with E-state index in [1.807, 2.05) is 24.3 Å². The maximum Gasteiger partial charge on any atom is 0.200 e. The van der Waals surface area contributed by atoms with E-state index >= 15 is 0 Å². The Hall–Kier alpha value is -2.75. The lowest BCUT2D eigenvalue weighted by Gasteiger charge is -2.05. The molecule has 0 heterocycles. The van der Waals surface area contributed by atoms with Gasteiger partial charge >= 0.3 is 0 Å². The average Bonchev–Trinajstić information content (AvgIpc) is 2.68. The van der Waals surface area contributed by atoms with Crippen LogP contribution in [0, 0.1) is 0 Å². The smallest absolute Gasteiger partial charge is 0.200 e. The number of phenols is 3. The number of allylic oxidation sites excluding steroid dienone is 8. The van der Waals surface area contributed by atoms with Crippen molar-refractivity contribution in [2.45, 2.75) is 58.3 Å². The van der Waals surface area contributed by atoms with E-state index in [0.717, 1.165) is 6.42 Å². The molecule has 152 valence electrons. The Balaban J connectivity index is 2.24. The number of benzene rings is 1. The molecule has 3 N–H and O–H groups in total. The summed E-state index contributed by atoms with van der Waals surface area (Å²) in [4.78, 5) is 11.9. The maximum absolute atomic E-state index is 11.9. The average molecular weight is 385 g/mol. The number of aromatic hydroxyl groups is 3. The van der Waals surface area contributed by atoms with E-state index in [0.29, 0.717) is 0 Å². The predicted molar refractivity (Wildman–Crippen MR) is 115 cm³/mol. The summed E-state index contributed by atoms with van der Waals surface area (Å²) in [6.45, 7) is 2.23. The van der Waals surface area contributed by atoms with Gasteiger partial charge in [-0.25, -0.2) is 0 Å². The van der Waals surface area contributed by atoms with Crippen LogP contribution in [0.15, 0.2) is 60.7 Å². The van der Waals surface area contributed by atoms with Crippen LogP contribution in [0.4, 0.5) is 0 Å². The number of ketones is 1. The highest BCUT2D eigenvalue weighted by atomic mass is 16.3. The van der Waals surface area contributed by atoms with Gasteiger partial charge in [-0.05, 0) is 25.0 Å². The molecule has 0 atom stereocenters. The minimum atomic E-state index is -0.608. The molecule has 0 aliphatic heterocycles. The van der Waals surface area contributed by atoms with Crippen molar-refractivity contribution in [3.05, 3.63) is 66.3 Å². The van der Waals surface area contributed by atoms with E-state index < -0.39 is 17.2 Å². The third-order valence-corrected chi connectivity index (χ3v) is 4.28. The zero-order valence-electron chi connectivity index (χ0n) is 16.7. The van der Waals surface area contributed by atoms with Crippen molar-refractivity contribution in [1.82, 2.24) is 0 Å². The summed E-state index contributed by atoms with van der Waals surface area (Å²) < 4.78 is 0. The van der Waals surface area contributed by atoms with Crippen LogP contribution in [-0.2, 0) is 11.2 Å². The van der Waals surface area contributed by atoms with Gasteiger partial charge in [0.2, 0.25) is 5.75 Å². The van der Waals surface area contributed by atoms with Gasteiger partial charge in [-0.1, -0.05) is 87.6 Å². The van der Waals surface area contributed by atoms with Crippen LogP contribution in [0.2, 0.25) is 0 Å². The molecule has 0 bridgehead atoms. The van der Waals surface area contributed by atoms with Gasteiger partial charge in [0, 0.05) is 12.0 Å². The molecule has 0 aromatic heterocycles. The van der Waals surface area contributed by atoms with Gasteiger partial charge in [0.05, 0.1) is 0 Å². The third-order valence-electron chi connectivity index (χ3n) is 4.28. The molecule has 0 aliphatic rings. The van der Waals surface area contributed by atoms with Crippen molar-refractivity contribution in [3.63, 3.8) is 0 Å². The summed E-state index contributed by atoms with van der Waals surface area (Å²) in [6.07, 6.45) is 23.6. The summed E-state index contributed by atoms with van der Waals surface area (Å²) in [6, 6.07) is 2.65. The maximum atomic E-state index is 11.9. The first-order valence-corrected chi connectivity index (χ1v) is 9.98. The van der Waals surface area contributed by atoms with Crippen molar-refractivity contribution >= 4 is 5.78 Å². The summed E-state index contributed by atoms with van der Waals surface area (Å²) in [5.41, 5.74) is 0.268. The molecule has 0 fully saturated rings. The molecule has 1 rings (SSSR count). The van der Waals surface area contributed by atoms with Crippen LogP contribution < -0.4 is 0 Å². The quantitative estimate of drug-likeness (QED) is 0.171. The molecule has 0 radical (unpaired) electrons. The molecular formula is C24H32O4. The van der Waals surface area contributed by atoms with Gasteiger partial charge in [0.25, 0.3) is 0 Å². The Morgan fingerprint density at radius 3 is 2.21 bits per heavy atom. The van der Waals surface area contributed by atoms with Gasteiger partial charge in [0.1, 0.15) is 0 Å². The van der Waals surface area contributed by atoms with Crippen LogP contribution in [0.3, 0.4) is 0 Å². The van der Waals surface area contributed by atoms with E-state index in [4.69, 9.17) is 0 Å². The van der Waals surface area contributed by atoms with E-state index in [-0.39, 0.29) is 17.8 Å². The monoisotopic (exact) mass is 384 g/mol. The standard InChI is InChI=1S/C24H32O4/c1-2-3-4-5-6-7-8-9-10-11-12-13-14-15-16-21(25)19-20-17-18-22(26)24(28)23(20)27/h9-18,26-28H,2-8,19H2,1H3/b10-9+,12-11+,14-13+,16-15+. The molecule has 4 heteroatoms. The molecule has 1 aromatic rings. The first-order chi connectivity index (χ1) is 13.6. The summed E-state index contributed by atoms with van der Waals surface area (Å²) in [5.74, 6) is -1.70. The zero-order valence-corrected chi connectivity index (χ0v) is 16.7. The van der Waals surface area contributed by atoms with Crippen LogP contribution in [0.5, 0.6) is 17.2 Å². The lowest BCUT2D eigenvalue weighted by atomic mass is 10.1. The molecule has 4 nitrogen and oxygen atoms in total. The number of rotatable bonds is 13. The van der Waals surface area contributed by atoms with Crippen molar-refractivity contribution in [2.75, 3.05) is 0 Å². The molecule has 1 aromatic carbocycles. The minimum Gasteiger partial charge on any atom is -0.504 e. The van der Waals surface area contributed by atoms with E-state index in [9.17, 15) is 20.1 Å². The van der Waals surface area contributed by atoms with E-state index in [1.165, 1.54) is 56.7 Å². The third kappa shape index (κ3) is 9.81. The van der Waals surface area contributed by atoms with Crippen LogP contribution in [0.1, 0.15) is 57.4 Å². The normalized spacial score (nSPS) is 12.2. The van der Waals surface area contributed by atoms with Crippen LogP contribution in [-0.4, -0.2) is 21.1 Å². The second-order valence-corrected chi connectivity index (χ2v) is 6.70. The molecule has 0 saturated carbocycles. The van der Waals surface area contributed by atoms with Gasteiger partial charge in [0.15, 0.2) is 17.3 Å². The van der Waals surface area contributed by atoms with Crippen LogP contribution >= 0.6 is 0 Å². The first kappa shape index (κ1) is 23.3. The highest BCUT2D eigenvalue weighted by Crippen LogP contribution is 2.37. The SMILES string of the molecule is CCCCCCCC/C=C/C=C/C=C/C=C/C(=O)Cc1ccc(O)c(O)c1O. The Kier molecular flexibility index (Phi) is 11.9. The second kappa shape index (κ2) is 14.3. The van der Waals surface area contributed by atoms with Gasteiger partial charge in [-0.3, -0.25) is 4.79 Å². The van der Waals surface area contributed by atoms with Crippen molar-refractivity contribution in [1.29, 1.82) is 0 Å². The molecule has 0 spiro atoms. The Morgan fingerprint density at radius 2 is 1.46 bits per heavy atom. The summed E-state index contributed by atoms with van der Waals surface area (Å²) in [7, 11) is 0. The van der Waals surface area contributed by atoms with Gasteiger partial charge < -0.3 is 15.3 Å². The number of unbranched alkanes of at least 4 members (excludes halogenated alkanes) is 6. The fourth-order valence-corrected chi connectivity index (χ4v) is 2.64. The van der Waals surface area contributed by atoms with Crippen molar-refractivity contribution in [2.24, 2.45) is 0 Å². The molecular weight excluding hydrogens is 352 g/mol. The predicted octanol–water partition coefficient (Wildman–Crippen LogP) is 5.89. The summed E-state index contributed by atoms with van der Waals surface area (Å²) >= 11 is 0. The van der Waals surface area contributed by atoms with Crippen molar-refractivity contribution < 1.29 is 20.1 Å². The van der Waals surface area contributed by atoms with Gasteiger partial charge in [-0.2, -0.15) is 0 Å². The molecule has 0 saturated heterocycles. The highest BCUT2D eigenvalue weighted by molar-refractivity contribution is 5.92. The minimum absolute atomic E-state index is 0.0545.